The van der Waals surface area contributed by atoms with Gasteiger partial charge in [-0.3, -0.25) is 14.5 Å². The monoisotopic (exact) mass is 470 g/mol. The Hall–Kier alpha value is -3.23. The van der Waals surface area contributed by atoms with E-state index in [1.165, 1.54) is 22.9 Å². The SMILES string of the molecule is O=C(c1ccc(=O)n(CCOc2ccccc2)n1)N1CCN(Cc2c(F)cccc2Cl)CC1. The fourth-order valence-electron chi connectivity index (χ4n) is 3.67. The molecule has 9 heteroatoms. The molecule has 7 nitrogen and oxygen atoms in total. The number of halogens is 2. The summed E-state index contributed by atoms with van der Waals surface area (Å²) in [6.45, 7) is 2.99. The van der Waals surface area contributed by atoms with Crippen molar-refractivity contribution < 1.29 is 13.9 Å². The van der Waals surface area contributed by atoms with Crippen LogP contribution in [0.15, 0.2) is 65.5 Å². The first-order valence-corrected chi connectivity index (χ1v) is 11.1. The van der Waals surface area contributed by atoms with Gasteiger partial charge in [-0.05, 0) is 30.3 Å². The number of para-hydroxylation sites is 1. The molecule has 172 valence electrons. The van der Waals surface area contributed by atoms with Crippen molar-refractivity contribution in [2.45, 2.75) is 13.1 Å². The second kappa shape index (κ2) is 10.6. The molecule has 0 atom stereocenters. The molecule has 33 heavy (non-hydrogen) atoms. The van der Waals surface area contributed by atoms with Gasteiger partial charge in [-0.25, -0.2) is 9.07 Å². The number of ether oxygens (including phenoxy) is 1. The molecule has 0 saturated carbocycles. The highest BCUT2D eigenvalue weighted by atomic mass is 35.5. The van der Waals surface area contributed by atoms with Crippen LogP contribution in [0.25, 0.3) is 0 Å². The standard InChI is InChI=1S/C24H24ClFN4O3/c25-20-7-4-8-21(26)19(20)17-28-11-13-29(14-12-28)24(32)22-9-10-23(31)30(27-22)15-16-33-18-5-2-1-3-6-18/h1-10H,11-17H2. The molecule has 0 unspecified atom stereocenters. The number of carbonyl (C=O) groups excluding carboxylic acids is 1. The van der Waals surface area contributed by atoms with Gasteiger partial charge in [0.15, 0.2) is 0 Å². The molecule has 1 fully saturated rings. The van der Waals surface area contributed by atoms with Crippen molar-refractivity contribution in [3.8, 4) is 5.75 Å². The van der Waals surface area contributed by atoms with Crippen molar-refractivity contribution in [2.75, 3.05) is 32.8 Å². The first-order chi connectivity index (χ1) is 16.0. The Labute approximate surface area is 196 Å². The number of hydrogen-bond donors (Lipinski definition) is 0. The number of piperazine rings is 1. The third-order valence-corrected chi connectivity index (χ3v) is 5.86. The molecule has 1 amide bonds. The minimum atomic E-state index is -0.330. The van der Waals surface area contributed by atoms with Gasteiger partial charge in [-0.1, -0.05) is 35.9 Å². The van der Waals surface area contributed by atoms with Gasteiger partial charge in [0, 0.05) is 49.4 Å². The summed E-state index contributed by atoms with van der Waals surface area (Å²) in [5, 5.41) is 4.64. The Morgan fingerprint density at radius 1 is 1.00 bits per heavy atom. The molecule has 0 spiro atoms. The minimum absolute atomic E-state index is 0.208. The van der Waals surface area contributed by atoms with E-state index in [0.29, 0.717) is 49.1 Å². The summed E-state index contributed by atoms with van der Waals surface area (Å²) in [4.78, 5) is 28.9. The molecule has 0 aliphatic carbocycles. The predicted molar refractivity (Wildman–Crippen MR) is 123 cm³/mol. The summed E-state index contributed by atoms with van der Waals surface area (Å²) in [6, 6.07) is 16.7. The molecule has 1 aromatic heterocycles. The van der Waals surface area contributed by atoms with Gasteiger partial charge in [-0.2, -0.15) is 5.10 Å². The van der Waals surface area contributed by atoms with Crippen LogP contribution in [-0.4, -0.2) is 58.3 Å². The van der Waals surface area contributed by atoms with Crippen LogP contribution in [0.1, 0.15) is 16.1 Å². The second-order valence-corrected chi connectivity index (χ2v) is 8.12. The molecule has 1 aliphatic heterocycles. The van der Waals surface area contributed by atoms with E-state index in [0.717, 1.165) is 0 Å². The van der Waals surface area contributed by atoms with Crippen LogP contribution in [0.2, 0.25) is 5.02 Å². The lowest BCUT2D eigenvalue weighted by atomic mass is 10.1. The Kier molecular flexibility index (Phi) is 7.36. The minimum Gasteiger partial charge on any atom is -0.492 e. The van der Waals surface area contributed by atoms with E-state index in [4.69, 9.17) is 16.3 Å². The van der Waals surface area contributed by atoms with E-state index >= 15 is 0 Å². The lowest BCUT2D eigenvalue weighted by Gasteiger charge is -2.34. The average molecular weight is 471 g/mol. The maximum absolute atomic E-state index is 14.1. The van der Waals surface area contributed by atoms with E-state index in [1.54, 1.807) is 17.0 Å². The summed E-state index contributed by atoms with van der Waals surface area (Å²) in [7, 11) is 0. The van der Waals surface area contributed by atoms with Crippen LogP contribution in [0, 0.1) is 5.82 Å². The quantitative estimate of drug-likeness (QED) is 0.531. The number of amides is 1. The molecule has 1 saturated heterocycles. The summed E-state index contributed by atoms with van der Waals surface area (Å²) in [6.07, 6.45) is 0. The molecule has 1 aliphatic rings. The van der Waals surface area contributed by atoms with Crippen LogP contribution in [-0.2, 0) is 13.1 Å². The Balaban J connectivity index is 1.33. The van der Waals surface area contributed by atoms with Gasteiger partial charge in [0.25, 0.3) is 11.5 Å². The smallest absolute Gasteiger partial charge is 0.274 e. The molecule has 0 bridgehead atoms. The highest BCUT2D eigenvalue weighted by Gasteiger charge is 2.24. The highest BCUT2D eigenvalue weighted by molar-refractivity contribution is 6.31. The number of rotatable bonds is 7. The van der Waals surface area contributed by atoms with Crippen molar-refractivity contribution in [1.82, 2.24) is 19.6 Å². The van der Waals surface area contributed by atoms with Crippen molar-refractivity contribution in [3.05, 3.63) is 93.1 Å². The van der Waals surface area contributed by atoms with E-state index in [1.807, 2.05) is 30.3 Å². The Morgan fingerprint density at radius 3 is 2.48 bits per heavy atom. The number of aromatic nitrogens is 2. The van der Waals surface area contributed by atoms with Gasteiger partial charge in [0.2, 0.25) is 0 Å². The second-order valence-electron chi connectivity index (χ2n) is 7.71. The normalized spacial score (nSPS) is 14.3. The molecule has 2 heterocycles. The molecule has 3 aromatic rings. The van der Waals surface area contributed by atoms with Gasteiger partial charge in [-0.15, -0.1) is 0 Å². The molecular weight excluding hydrogens is 447 g/mol. The van der Waals surface area contributed by atoms with E-state index < -0.39 is 0 Å². The van der Waals surface area contributed by atoms with E-state index in [9.17, 15) is 14.0 Å². The van der Waals surface area contributed by atoms with Crippen LogP contribution in [0.3, 0.4) is 0 Å². The lowest BCUT2D eigenvalue weighted by Crippen LogP contribution is -2.48. The first kappa shape index (κ1) is 22.9. The molecule has 0 N–H and O–H groups in total. The molecule has 2 aromatic carbocycles. The zero-order valence-electron chi connectivity index (χ0n) is 18.0. The largest absolute Gasteiger partial charge is 0.492 e. The van der Waals surface area contributed by atoms with Gasteiger partial charge in [0.1, 0.15) is 23.9 Å². The zero-order valence-corrected chi connectivity index (χ0v) is 18.7. The summed E-state index contributed by atoms with van der Waals surface area (Å²) < 4.78 is 20.9. The number of benzene rings is 2. The zero-order chi connectivity index (χ0) is 23.2. The predicted octanol–water partition coefficient (Wildman–Crippen LogP) is 3.07. The Bertz CT molecular complexity index is 1140. The topological polar surface area (TPSA) is 67.7 Å². The van der Waals surface area contributed by atoms with E-state index in [2.05, 4.69) is 10.00 Å². The first-order valence-electron chi connectivity index (χ1n) is 10.7. The highest BCUT2D eigenvalue weighted by Crippen LogP contribution is 2.21. The number of nitrogens with zero attached hydrogens (tertiary/aromatic N) is 4. The summed E-state index contributed by atoms with van der Waals surface area (Å²) in [5.74, 6) is 0.132. The summed E-state index contributed by atoms with van der Waals surface area (Å²) in [5.41, 5.74) is 0.375. The van der Waals surface area contributed by atoms with Gasteiger partial charge < -0.3 is 9.64 Å². The van der Waals surface area contributed by atoms with Gasteiger partial charge in [0.05, 0.1) is 6.54 Å². The third kappa shape index (κ3) is 5.77. The van der Waals surface area contributed by atoms with Crippen LogP contribution < -0.4 is 10.3 Å². The van der Waals surface area contributed by atoms with E-state index in [-0.39, 0.29) is 36.1 Å². The van der Waals surface area contributed by atoms with Crippen molar-refractivity contribution in [1.29, 1.82) is 0 Å². The summed E-state index contributed by atoms with van der Waals surface area (Å²) >= 11 is 6.13. The van der Waals surface area contributed by atoms with Crippen molar-refractivity contribution >= 4 is 17.5 Å². The van der Waals surface area contributed by atoms with Crippen molar-refractivity contribution in [3.63, 3.8) is 0 Å². The van der Waals surface area contributed by atoms with Crippen LogP contribution in [0.5, 0.6) is 5.75 Å². The maximum atomic E-state index is 14.1. The number of hydrogen-bond acceptors (Lipinski definition) is 5. The maximum Gasteiger partial charge on any atom is 0.274 e. The molecule has 0 radical (unpaired) electrons. The van der Waals surface area contributed by atoms with Crippen LogP contribution >= 0.6 is 11.6 Å². The molecule has 4 rings (SSSR count). The van der Waals surface area contributed by atoms with Crippen molar-refractivity contribution in [2.24, 2.45) is 0 Å². The van der Waals surface area contributed by atoms with Crippen LogP contribution in [0.4, 0.5) is 4.39 Å². The fraction of sp³-hybridized carbons (Fsp3) is 0.292. The molecular formula is C24H24ClFN4O3. The third-order valence-electron chi connectivity index (χ3n) is 5.50. The van der Waals surface area contributed by atoms with Gasteiger partial charge >= 0.3 is 0 Å². The Morgan fingerprint density at radius 2 is 1.76 bits per heavy atom. The number of carbonyl (C=O) groups is 1. The lowest BCUT2D eigenvalue weighted by molar-refractivity contribution is 0.0618. The fourth-order valence-corrected chi connectivity index (χ4v) is 3.89. The average Bonchev–Trinajstić information content (AvgIpc) is 2.83.